The van der Waals surface area contributed by atoms with Crippen LogP contribution in [-0.4, -0.2) is 31.5 Å². The van der Waals surface area contributed by atoms with Crippen molar-refractivity contribution in [1.29, 1.82) is 0 Å². The Kier molecular flexibility index (Phi) is 220. The van der Waals surface area contributed by atoms with Crippen LogP contribution in [-0.2, 0) is 19.5 Å². The third kappa shape index (κ3) is 9.19. The molecular weight excluding hydrogens is 133 g/mol. The van der Waals surface area contributed by atoms with Crippen LogP contribution in [0.15, 0.2) is 0 Å². The second-order valence-corrected chi connectivity index (χ2v) is 0. The molecule has 0 heterocycles. The molecule has 0 amide bonds. The van der Waals surface area contributed by atoms with Gasteiger partial charge < -0.3 is 0 Å². The van der Waals surface area contributed by atoms with E-state index in [-0.39, 0.29) is 64.4 Å². The third-order valence-electron chi connectivity index (χ3n) is 0. The fourth-order valence-electron chi connectivity index (χ4n) is 0. The van der Waals surface area contributed by atoms with Crippen LogP contribution in [0.4, 0.5) is 0 Å². The number of hydrogen-bond acceptors (Lipinski definition) is 0. The summed E-state index contributed by atoms with van der Waals surface area (Å²) in [4.78, 5) is 0. The van der Waals surface area contributed by atoms with Gasteiger partial charge in [-0.1, -0.05) is 0 Å². The molecule has 0 aromatic heterocycles. The van der Waals surface area contributed by atoms with Gasteiger partial charge in [0.2, 0.25) is 0 Å². The molecule has 4 heavy (non-hydrogen) atoms. The minimum Gasteiger partial charge on any atom is -0.197 e. The van der Waals surface area contributed by atoms with Crippen LogP contribution < -0.4 is 0 Å². The van der Waals surface area contributed by atoms with Gasteiger partial charge >= 0.3 is 23.1 Å². The van der Waals surface area contributed by atoms with Crippen LogP contribution >= 0.6 is 13.5 Å². The van der Waals surface area contributed by atoms with Crippen LogP contribution in [0.3, 0.4) is 0 Å². The Morgan fingerprint density at radius 3 is 1.00 bits per heavy atom. The van der Waals surface area contributed by atoms with Gasteiger partial charge in [0.15, 0.2) is 0 Å². The monoisotopic (exact) mass is 138 g/mol. The van der Waals surface area contributed by atoms with Gasteiger partial charge in [0, 0.05) is 19.5 Å². The first kappa shape index (κ1) is 41.1. The average molecular weight is 140 g/mol. The SMILES string of the molecule is B.S.[MgH2].[Zn]. The molecular formula is H7BMgSZn. The quantitative estimate of drug-likeness (QED) is 0.341. The third-order valence-corrected chi connectivity index (χ3v) is 0. The molecule has 0 aliphatic heterocycles. The fourth-order valence-corrected chi connectivity index (χ4v) is 0. The molecule has 0 nitrogen and oxygen atoms in total. The zero-order valence-corrected chi connectivity index (χ0v) is 5.17. The smallest absolute Gasteiger partial charge is 0.197 e. The van der Waals surface area contributed by atoms with Gasteiger partial charge in [-0.3, -0.25) is 0 Å². The largest absolute Gasteiger partial charge is 0.316 e. The summed E-state index contributed by atoms with van der Waals surface area (Å²) in [6, 6.07) is 0. The topological polar surface area (TPSA) is 0 Å². The normalized spacial score (nSPS) is 0. The first-order valence-electron chi connectivity index (χ1n) is 0. The Labute approximate surface area is 64.0 Å². The van der Waals surface area contributed by atoms with Crippen molar-refractivity contribution in [3.05, 3.63) is 0 Å². The van der Waals surface area contributed by atoms with E-state index in [1.807, 2.05) is 0 Å². The molecule has 20 valence electrons. The van der Waals surface area contributed by atoms with E-state index >= 15 is 0 Å². The van der Waals surface area contributed by atoms with Crippen molar-refractivity contribution in [2.75, 3.05) is 0 Å². The van der Waals surface area contributed by atoms with Crippen LogP contribution in [0, 0.1) is 0 Å². The molecule has 0 bridgehead atoms. The van der Waals surface area contributed by atoms with Crippen molar-refractivity contribution in [3.63, 3.8) is 0 Å². The molecule has 0 atom stereocenters. The van der Waals surface area contributed by atoms with E-state index in [2.05, 4.69) is 0 Å². The minimum atomic E-state index is 0. The van der Waals surface area contributed by atoms with E-state index in [1.54, 1.807) is 0 Å². The molecule has 0 N–H and O–H groups in total. The summed E-state index contributed by atoms with van der Waals surface area (Å²) < 4.78 is 0. The zero-order chi connectivity index (χ0) is 0. The summed E-state index contributed by atoms with van der Waals surface area (Å²) in [7, 11) is 0. The van der Waals surface area contributed by atoms with Gasteiger partial charge in [-0.25, -0.2) is 0 Å². The van der Waals surface area contributed by atoms with Crippen molar-refractivity contribution in [2.24, 2.45) is 0 Å². The first-order valence-corrected chi connectivity index (χ1v) is 0. The Morgan fingerprint density at radius 2 is 1.00 bits per heavy atom. The predicted molar refractivity (Wildman–Crippen MR) is 28.9 cm³/mol. The van der Waals surface area contributed by atoms with Gasteiger partial charge in [-0.05, 0) is 0 Å². The Balaban J connectivity index is 0. The average Bonchev–Trinajstić information content (AvgIpc) is 0. The van der Waals surface area contributed by atoms with Gasteiger partial charge in [0.05, 0.1) is 8.41 Å². The molecule has 0 aliphatic carbocycles. The molecule has 0 aromatic rings. The van der Waals surface area contributed by atoms with Crippen LogP contribution in [0.2, 0.25) is 0 Å². The molecule has 0 spiro atoms. The van der Waals surface area contributed by atoms with E-state index in [1.165, 1.54) is 0 Å². The van der Waals surface area contributed by atoms with Gasteiger partial charge in [0.1, 0.15) is 0 Å². The standard InChI is InChI=1S/BH3.Mg.H2S.Zn.2H/h1H3;;1H2;;;. The number of rotatable bonds is 0. The van der Waals surface area contributed by atoms with E-state index in [9.17, 15) is 0 Å². The van der Waals surface area contributed by atoms with E-state index in [4.69, 9.17) is 0 Å². The van der Waals surface area contributed by atoms with E-state index in [0.29, 0.717) is 0 Å². The maximum absolute atomic E-state index is 0. The van der Waals surface area contributed by atoms with E-state index in [0.717, 1.165) is 0 Å². The van der Waals surface area contributed by atoms with Crippen molar-refractivity contribution in [3.8, 4) is 0 Å². The van der Waals surface area contributed by atoms with Crippen LogP contribution in [0.25, 0.3) is 0 Å². The van der Waals surface area contributed by atoms with Gasteiger partial charge in [-0.15, -0.1) is 0 Å². The predicted octanol–water partition coefficient (Wildman–Crippen LogP) is -1.99. The molecule has 0 saturated carbocycles. The summed E-state index contributed by atoms with van der Waals surface area (Å²) in [5.41, 5.74) is 0. The zero-order valence-electron chi connectivity index (χ0n) is 1.21. The second kappa shape index (κ2) is 21.4. The summed E-state index contributed by atoms with van der Waals surface area (Å²) >= 11 is 0. The molecule has 0 unspecified atom stereocenters. The maximum atomic E-state index is 0. The molecule has 0 saturated heterocycles. The number of hydrogen-bond donors (Lipinski definition) is 0. The van der Waals surface area contributed by atoms with Crippen molar-refractivity contribution in [1.82, 2.24) is 0 Å². The summed E-state index contributed by atoms with van der Waals surface area (Å²) in [5.74, 6) is 0. The summed E-state index contributed by atoms with van der Waals surface area (Å²) in [6.07, 6.45) is 0. The van der Waals surface area contributed by atoms with Crippen LogP contribution in [0.5, 0.6) is 0 Å². The maximum Gasteiger partial charge on any atom is 0.316 e. The molecule has 0 fully saturated rings. The van der Waals surface area contributed by atoms with Crippen molar-refractivity contribution >= 4 is 45.0 Å². The second-order valence-electron chi connectivity index (χ2n) is 0. The molecule has 4 heteroatoms. The first-order chi connectivity index (χ1) is 0. The summed E-state index contributed by atoms with van der Waals surface area (Å²) in [6.45, 7) is 0. The van der Waals surface area contributed by atoms with Crippen LogP contribution in [0.1, 0.15) is 0 Å². The molecule has 0 aliphatic rings. The fraction of sp³-hybridized carbons (Fsp3) is 0. The van der Waals surface area contributed by atoms with Crippen molar-refractivity contribution in [2.45, 2.75) is 0 Å². The molecule has 0 rings (SSSR count). The van der Waals surface area contributed by atoms with Gasteiger partial charge in [-0.2, -0.15) is 13.5 Å². The minimum absolute atomic E-state index is 0. The Hall–Kier alpha value is 1.80. The Bertz CT molecular complexity index is 8.00. The molecule has 0 aromatic carbocycles. The molecule has 0 radical (unpaired) electrons. The van der Waals surface area contributed by atoms with Gasteiger partial charge in [0.25, 0.3) is 0 Å². The summed E-state index contributed by atoms with van der Waals surface area (Å²) in [5, 5.41) is 0. The van der Waals surface area contributed by atoms with E-state index < -0.39 is 0 Å². The van der Waals surface area contributed by atoms with Crippen molar-refractivity contribution < 1.29 is 19.5 Å². The Morgan fingerprint density at radius 1 is 1.00 bits per heavy atom.